The van der Waals surface area contributed by atoms with E-state index >= 15 is 0 Å². The molecule has 1 aliphatic rings. The van der Waals surface area contributed by atoms with Crippen LogP contribution in [0.4, 0.5) is 0 Å². The van der Waals surface area contributed by atoms with Gasteiger partial charge < -0.3 is 14.8 Å². The van der Waals surface area contributed by atoms with E-state index < -0.39 is 0 Å². The molecule has 6 heteroatoms. The van der Waals surface area contributed by atoms with Crippen LogP contribution in [0.1, 0.15) is 40.3 Å². The van der Waals surface area contributed by atoms with E-state index in [9.17, 15) is 4.79 Å². The zero-order chi connectivity index (χ0) is 16.4. The van der Waals surface area contributed by atoms with E-state index in [0.29, 0.717) is 18.0 Å². The maximum Gasteiger partial charge on any atom is 0.263 e. The second kappa shape index (κ2) is 6.58. The van der Waals surface area contributed by atoms with Crippen LogP contribution in [0.25, 0.3) is 0 Å². The highest BCUT2D eigenvalue weighted by Crippen LogP contribution is 2.35. The molecule has 0 saturated carbocycles. The number of hydrogen-bond acceptors (Lipinski definition) is 5. The molecule has 5 nitrogen and oxygen atoms in total. The lowest BCUT2D eigenvalue weighted by Crippen LogP contribution is -2.23. The molecule has 2 aromatic rings. The lowest BCUT2D eigenvalue weighted by molar-refractivity contribution is 0.0954. The zero-order valence-corrected chi connectivity index (χ0v) is 14.3. The van der Waals surface area contributed by atoms with Crippen molar-refractivity contribution in [3.05, 3.63) is 39.3 Å². The number of hydrogen-bond donors (Lipinski definition) is 1. The first-order chi connectivity index (χ1) is 11.1. The third kappa shape index (κ3) is 3.32. The molecule has 1 N–H and O–H groups in total. The zero-order valence-electron chi connectivity index (χ0n) is 13.5. The standard InChI is InChI=1S/C17H20N2O3S/c1-4-21-14-6-12-5-10(2)22-15(12)7-13(14)8-18-17(20)16-11(3)19-9-23-16/h6-7,9-10H,4-5,8H2,1-3H3,(H,18,20)/t10-/m1/s1. The van der Waals surface area contributed by atoms with E-state index in [1.165, 1.54) is 11.3 Å². The van der Waals surface area contributed by atoms with Gasteiger partial charge in [-0.1, -0.05) is 0 Å². The second-order valence-corrected chi connectivity index (χ2v) is 6.44. The molecule has 0 radical (unpaired) electrons. The van der Waals surface area contributed by atoms with E-state index in [1.54, 1.807) is 5.51 Å². The van der Waals surface area contributed by atoms with Crippen LogP contribution in [0, 0.1) is 6.92 Å². The van der Waals surface area contributed by atoms with Gasteiger partial charge in [-0.15, -0.1) is 11.3 Å². The summed E-state index contributed by atoms with van der Waals surface area (Å²) in [5.41, 5.74) is 4.52. The number of aryl methyl sites for hydroxylation is 1. The predicted octanol–water partition coefficient (Wildman–Crippen LogP) is 3.10. The largest absolute Gasteiger partial charge is 0.494 e. The summed E-state index contributed by atoms with van der Waals surface area (Å²) in [6.45, 7) is 6.83. The molecule has 122 valence electrons. The van der Waals surface area contributed by atoms with Gasteiger partial charge in [-0.3, -0.25) is 4.79 Å². The molecular weight excluding hydrogens is 312 g/mol. The summed E-state index contributed by atoms with van der Waals surface area (Å²) < 4.78 is 11.5. The van der Waals surface area contributed by atoms with Crippen LogP contribution >= 0.6 is 11.3 Å². The molecule has 23 heavy (non-hydrogen) atoms. The molecule has 0 bridgehead atoms. The predicted molar refractivity (Wildman–Crippen MR) is 89.4 cm³/mol. The van der Waals surface area contributed by atoms with E-state index in [-0.39, 0.29) is 12.0 Å². The molecule has 1 aromatic heterocycles. The third-order valence-electron chi connectivity index (χ3n) is 3.77. The highest BCUT2D eigenvalue weighted by Gasteiger charge is 2.22. The number of carbonyl (C=O) groups is 1. The van der Waals surface area contributed by atoms with Gasteiger partial charge in [0.05, 0.1) is 17.8 Å². The summed E-state index contributed by atoms with van der Waals surface area (Å²) in [6, 6.07) is 4.01. The van der Waals surface area contributed by atoms with Crippen LogP contribution in [0.15, 0.2) is 17.6 Å². The highest BCUT2D eigenvalue weighted by molar-refractivity contribution is 7.11. The van der Waals surface area contributed by atoms with Gasteiger partial charge in [0.2, 0.25) is 0 Å². The van der Waals surface area contributed by atoms with Crippen molar-refractivity contribution in [1.29, 1.82) is 0 Å². The summed E-state index contributed by atoms with van der Waals surface area (Å²) in [4.78, 5) is 17.0. The van der Waals surface area contributed by atoms with Crippen LogP contribution in [0.2, 0.25) is 0 Å². The molecule has 1 atom stereocenters. The number of nitrogens with one attached hydrogen (secondary N) is 1. The molecule has 1 aliphatic heterocycles. The molecule has 1 amide bonds. The van der Waals surface area contributed by atoms with Gasteiger partial charge in [-0.2, -0.15) is 0 Å². The maximum absolute atomic E-state index is 12.2. The maximum atomic E-state index is 12.2. The first-order valence-electron chi connectivity index (χ1n) is 7.72. The number of carbonyl (C=O) groups excluding carboxylic acids is 1. The molecular formula is C17H20N2O3S. The van der Waals surface area contributed by atoms with Crippen LogP contribution in [0.5, 0.6) is 11.5 Å². The third-order valence-corrected chi connectivity index (χ3v) is 4.70. The van der Waals surface area contributed by atoms with Crippen LogP contribution < -0.4 is 14.8 Å². The fraction of sp³-hybridized carbons (Fsp3) is 0.412. The minimum Gasteiger partial charge on any atom is -0.494 e. The van der Waals surface area contributed by atoms with E-state index in [2.05, 4.69) is 10.3 Å². The smallest absolute Gasteiger partial charge is 0.263 e. The Morgan fingerprint density at radius 2 is 2.35 bits per heavy atom. The Morgan fingerprint density at radius 1 is 1.52 bits per heavy atom. The van der Waals surface area contributed by atoms with Crippen molar-refractivity contribution in [1.82, 2.24) is 10.3 Å². The number of amides is 1. The number of rotatable bonds is 5. The Labute approximate surface area is 139 Å². The van der Waals surface area contributed by atoms with Crippen molar-refractivity contribution in [3.63, 3.8) is 0 Å². The average molecular weight is 332 g/mol. The normalized spacial score (nSPS) is 15.9. The van der Waals surface area contributed by atoms with Crippen molar-refractivity contribution in [2.45, 2.75) is 39.8 Å². The number of aromatic nitrogens is 1. The Kier molecular flexibility index (Phi) is 4.52. The van der Waals surface area contributed by atoms with Crippen molar-refractivity contribution >= 4 is 17.2 Å². The SMILES string of the molecule is CCOc1cc2c(cc1CNC(=O)c1scnc1C)O[C@H](C)C2. The molecule has 0 unspecified atom stereocenters. The van der Waals surface area contributed by atoms with Gasteiger partial charge in [-0.25, -0.2) is 4.98 Å². The van der Waals surface area contributed by atoms with Crippen LogP contribution in [0.3, 0.4) is 0 Å². The molecule has 0 aliphatic carbocycles. The lowest BCUT2D eigenvalue weighted by Gasteiger charge is -2.13. The Bertz CT molecular complexity index is 727. The summed E-state index contributed by atoms with van der Waals surface area (Å²) >= 11 is 1.35. The van der Waals surface area contributed by atoms with Gasteiger partial charge in [0, 0.05) is 24.1 Å². The fourth-order valence-electron chi connectivity index (χ4n) is 2.69. The van der Waals surface area contributed by atoms with Gasteiger partial charge in [0.15, 0.2) is 0 Å². The minimum atomic E-state index is -0.109. The minimum absolute atomic E-state index is 0.109. The van der Waals surface area contributed by atoms with Crippen LogP contribution in [-0.4, -0.2) is 23.6 Å². The second-order valence-electron chi connectivity index (χ2n) is 5.58. The summed E-state index contributed by atoms with van der Waals surface area (Å²) in [5.74, 6) is 1.59. The number of fused-ring (bicyclic) bond motifs is 1. The van der Waals surface area contributed by atoms with Crippen molar-refractivity contribution in [3.8, 4) is 11.5 Å². The summed E-state index contributed by atoms with van der Waals surface area (Å²) in [6.07, 6.45) is 1.08. The quantitative estimate of drug-likeness (QED) is 0.914. The van der Waals surface area contributed by atoms with Crippen LogP contribution in [-0.2, 0) is 13.0 Å². The molecule has 3 rings (SSSR count). The number of nitrogens with zero attached hydrogens (tertiary/aromatic N) is 1. The average Bonchev–Trinajstić information content (AvgIpc) is 3.09. The van der Waals surface area contributed by atoms with Gasteiger partial charge in [0.25, 0.3) is 5.91 Å². The fourth-order valence-corrected chi connectivity index (χ4v) is 3.40. The lowest BCUT2D eigenvalue weighted by atomic mass is 10.1. The first-order valence-corrected chi connectivity index (χ1v) is 8.60. The van der Waals surface area contributed by atoms with Crippen molar-refractivity contribution < 1.29 is 14.3 Å². The Balaban J connectivity index is 1.78. The molecule has 0 fully saturated rings. The number of thiazole rings is 1. The molecule has 0 spiro atoms. The van der Waals surface area contributed by atoms with Crippen molar-refractivity contribution in [2.24, 2.45) is 0 Å². The number of benzene rings is 1. The topological polar surface area (TPSA) is 60.5 Å². The Morgan fingerprint density at radius 3 is 3.04 bits per heavy atom. The van der Waals surface area contributed by atoms with E-state index in [0.717, 1.165) is 34.7 Å². The highest BCUT2D eigenvalue weighted by atomic mass is 32.1. The molecule has 2 heterocycles. The van der Waals surface area contributed by atoms with E-state index in [1.807, 2.05) is 32.9 Å². The van der Waals surface area contributed by atoms with Gasteiger partial charge >= 0.3 is 0 Å². The number of ether oxygens (including phenoxy) is 2. The summed E-state index contributed by atoms with van der Waals surface area (Å²) in [5, 5.41) is 2.94. The molecule has 1 aromatic carbocycles. The van der Waals surface area contributed by atoms with E-state index in [4.69, 9.17) is 9.47 Å². The molecule has 0 saturated heterocycles. The van der Waals surface area contributed by atoms with Crippen molar-refractivity contribution in [2.75, 3.05) is 6.61 Å². The summed E-state index contributed by atoms with van der Waals surface area (Å²) in [7, 11) is 0. The van der Waals surface area contributed by atoms with Gasteiger partial charge in [0.1, 0.15) is 22.5 Å². The monoisotopic (exact) mass is 332 g/mol. The Hall–Kier alpha value is -2.08. The van der Waals surface area contributed by atoms with Gasteiger partial charge in [-0.05, 0) is 32.9 Å². The first kappa shape index (κ1) is 15.8.